The lowest BCUT2D eigenvalue weighted by molar-refractivity contribution is -0.384. The average molecular weight is 620 g/mol. The molecule has 1 heterocycles. The molecule has 12 heteroatoms. The highest BCUT2D eigenvalue weighted by Gasteiger charge is 2.35. The predicted molar refractivity (Wildman–Crippen MR) is 163 cm³/mol. The van der Waals surface area contributed by atoms with Gasteiger partial charge in [0, 0.05) is 33.3 Å². The number of nitrogens with one attached hydrogen (secondary N) is 1. The van der Waals surface area contributed by atoms with Crippen LogP contribution in [-0.4, -0.2) is 21.9 Å². The SMILES string of the molecule is O=C1NC(=S)N(c2ccc(Oc3ccccc3)cc2)C(=O)C1=Cc1cc([N+](=O)[O-])ccc1OCc1c(Cl)cccc1Cl. The molecule has 1 aliphatic rings. The number of anilines is 1. The van der Waals surface area contributed by atoms with E-state index in [1.54, 1.807) is 54.6 Å². The van der Waals surface area contributed by atoms with Crippen LogP contribution in [0.5, 0.6) is 17.2 Å². The molecule has 5 rings (SSSR count). The quantitative estimate of drug-likeness (QED) is 0.0735. The van der Waals surface area contributed by atoms with E-state index in [0.29, 0.717) is 32.8 Å². The van der Waals surface area contributed by atoms with Crippen LogP contribution in [-0.2, 0) is 16.2 Å². The highest BCUT2D eigenvalue weighted by molar-refractivity contribution is 7.80. The number of benzene rings is 4. The van der Waals surface area contributed by atoms with Crippen molar-refractivity contribution in [2.24, 2.45) is 0 Å². The third kappa shape index (κ3) is 6.26. The number of amides is 2. The highest BCUT2D eigenvalue weighted by atomic mass is 35.5. The number of non-ortho nitro benzene ring substituents is 1. The number of halogens is 2. The van der Waals surface area contributed by atoms with Crippen molar-refractivity contribution in [2.45, 2.75) is 6.61 Å². The normalized spacial score (nSPS) is 14.1. The summed E-state index contributed by atoms with van der Waals surface area (Å²) in [7, 11) is 0. The van der Waals surface area contributed by atoms with Gasteiger partial charge in [0.25, 0.3) is 17.5 Å². The first-order chi connectivity index (χ1) is 20.2. The maximum atomic E-state index is 13.6. The van der Waals surface area contributed by atoms with Gasteiger partial charge in [0.05, 0.1) is 10.6 Å². The average Bonchev–Trinajstić information content (AvgIpc) is 2.96. The second-order valence-electron chi connectivity index (χ2n) is 8.83. The molecule has 0 atom stereocenters. The molecule has 4 aromatic carbocycles. The molecule has 210 valence electrons. The summed E-state index contributed by atoms with van der Waals surface area (Å²) in [5, 5.41) is 14.6. The third-order valence-electron chi connectivity index (χ3n) is 6.11. The van der Waals surface area contributed by atoms with E-state index in [1.165, 1.54) is 24.3 Å². The van der Waals surface area contributed by atoms with Crippen LogP contribution in [0.3, 0.4) is 0 Å². The fourth-order valence-corrected chi connectivity index (χ4v) is 4.84. The minimum atomic E-state index is -0.767. The molecule has 0 unspecified atom stereocenters. The van der Waals surface area contributed by atoms with Crippen molar-refractivity contribution in [2.75, 3.05) is 4.90 Å². The summed E-state index contributed by atoms with van der Waals surface area (Å²) >= 11 is 17.8. The number of nitro groups is 1. The summed E-state index contributed by atoms with van der Waals surface area (Å²) < 4.78 is 11.7. The van der Waals surface area contributed by atoms with Crippen LogP contribution >= 0.6 is 35.4 Å². The standard InChI is InChI=1S/C30H19Cl2N3O6S/c31-25-7-4-8-26(32)24(25)17-40-27-14-11-20(35(38)39)15-18(27)16-23-28(36)33-30(42)34(29(23)37)19-9-12-22(13-10-19)41-21-5-2-1-3-6-21/h1-16H,17H2,(H,33,36,42). The van der Waals surface area contributed by atoms with Gasteiger partial charge in [0.2, 0.25) is 0 Å². The Kier molecular flexibility index (Phi) is 8.48. The number of thiocarbonyl (C=S) groups is 1. The van der Waals surface area contributed by atoms with Gasteiger partial charge in [-0.3, -0.25) is 29.9 Å². The lowest BCUT2D eigenvalue weighted by atomic mass is 10.1. The summed E-state index contributed by atoms with van der Waals surface area (Å²) in [5.74, 6) is -0.174. The Balaban J connectivity index is 1.45. The van der Waals surface area contributed by atoms with Crippen molar-refractivity contribution in [3.63, 3.8) is 0 Å². The van der Waals surface area contributed by atoms with Crippen LogP contribution in [0.15, 0.2) is 96.6 Å². The Morgan fingerprint density at radius 1 is 0.905 bits per heavy atom. The molecular weight excluding hydrogens is 601 g/mol. The topological polar surface area (TPSA) is 111 Å². The molecular formula is C30H19Cl2N3O6S. The van der Waals surface area contributed by atoms with Gasteiger partial charge < -0.3 is 9.47 Å². The summed E-state index contributed by atoms with van der Waals surface area (Å²) in [5.41, 5.74) is 0.412. The minimum Gasteiger partial charge on any atom is -0.488 e. The van der Waals surface area contributed by atoms with E-state index in [1.807, 2.05) is 18.2 Å². The van der Waals surface area contributed by atoms with Gasteiger partial charge in [-0.2, -0.15) is 0 Å². The van der Waals surface area contributed by atoms with Crippen molar-refractivity contribution in [3.05, 3.63) is 128 Å². The van der Waals surface area contributed by atoms with Crippen molar-refractivity contribution < 1.29 is 24.0 Å². The van der Waals surface area contributed by atoms with E-state index in [9.17, 15) is 19.7 Å². The van der Waals surface area contributed by atoms with Crippen LogP contribution in [0, 0.1) is 10.1 Å². The van der Waals surface area contributed by atoms with Crippen LogP contribution in [0.25, 0.3) is 6.08 Å². The number of nitrogens with zero attached hydrogens (tertiary/aromatic N) is 2. The molecule has 9 nitrogen and oxygen atoms in total. The summed E-state index contributed by atoms with van der Waals surface area (Å²) in [4.78, 5) is 38.6. The van der Waals surface area contributed by atoms with Crippen LogP contribution in [0.4, 0.5) is 11.4 Å². The van der Waals surface area contributed by atoms with Crippen molar-refractivity contribution in [1.29, 1.82) is 0 Å². The van der Waals surface area contributed by atoms with E-state index in [0.717, 1.165) is 4.90 Å². The van der Waals surface area contributed by atoms with Gasteiger partial charge in [-0.25, -0.2) is 0 Å². The molecule has 0 saturated carbocycles. The number of rotatable bonds is 8. The molecule has 2 amide bonds. The number of carbonyl (C=O) groups excluding carboxylic acids is 2. The van der Waals surface area contributed by atoms with Crippen LogP contribution in [0.1, 0.15) is 11.1 Å². The molecule has 0 aromatic heterocycles. The fourth-order valence-electron chi connectivity index (χ4n) is 4.05. The van der Waals surface area contributed by atoms with E-state index in [-0.39, 0.29) is 34.3 Å². The first-order valence-corrected chi connectivity index (χ1v) is 13.5. The predicted octanol–water partition coefficient (Wildman–Crippen LogP) is 7.10. The molecule has 1 fully saturated rings. The fraction of sp³-hybridized carbons (Fsp3) is 0.0333. The molecule has 0 bridgehead atoms. The highest BCUT2D eigenvalue weighted by Crippen LogP contribution is 2.32. The van der Waals surface area contributed by atoms with Gasteiger partial charge in [0.1, 0.15) is 29.4 Å². The van der Waals surface area contributed by atoms with E-state index in [4.69, 9.17) is 44.9 Å². The van der Waals surface area contributed by atoms with Gasteiger partial charge in [-0.1, -0.05) is 47.5 Å². The summed E-state index contributed by atoms with van der Waals surface area (Å²) in [6, 6.07) is 24.5. The Morgan fingerprint density at radius 3 is 2.24 bits per heavy atom. The minimum absolute atomic E-state index is 0.0692. The monoisotopic (exact) mass is 619 g/mol. The molecule has 1 saturated heterocycles. The van der Waals surface area contributed by atoms with Gasteiger partial charge in [-0.15, -0.1) is 0 Å². The van der Waals surface area contributed by atoms with E-state index >= 15 is 0 Å². The van der Waals surface area contributed by atoms with Crippen molar-refractivity contribution in [3.8, 4) is 17.2 Å². The Morgan fingerprint density at radius 2 is 1.57 bits per heavy atom. The van der Waals surface area contributed by atoms with Gasteiger partial charge in [-0.05, 0) is 72.9 Å². The zero-order chi connectivity index (χ0) is 29.8. The Labute approximate surface area is 255 Å². The largest absolute Gasteiger partial charge is 0.488 e. The first kappa shape index (κ1) is 28.7. The maximum absolute atomic E-state index is 13.6. The van der Waals surface area contributed by atoms with Crippen LogP contribution < -0.4 is 19.7 Å². The molecule has 0 aliphatic carbocycles. The van der Waals surface area contributed by atoms with Crippen molar-refractivity contribution >= 4 is 69.8 Å². The number of hydrogen-bond donors (Lipinski definition) is 1. The lowest BCUT2D eigenvalue weighted by Gasteiger charge is -2.29. The first-order valence-electron chi connectivity index (χ1n) is 12.3. The Bertz CT molecular complexity index is 1730. The van der Waals surface area contributed by atoms with E-state index < -0.39 is 16.7 Å². The third-order valence-corrected chi connectivity index (χ3v) is 7.11. The molecule has 1 aliphatic heterocycles. The van der Waals surface area contributed by atoms with Gasteiger partial charge in [0.15, 0.2) is 5.11 Å². The maximum Gasteiger partial charge on any atom is 0.270 e. The zero-order valence-electron chi connectivity index (χ0n) is 21.5. The molecule has 4 aromatic rings. The number of ether oxygens (including phenoxy) is 2. The second-order valence-corrected chi connectivity index (χ2v) is 10.0. The molecule has 1 N–H and O–H groups in total. The molecule has 42 heavy (non-hydrogen) atoms. The summed E-state index contributed by atoms with van der Waals surface area (Å²) in [6.45, 7) is -0.0692. The second kappa shape index (κ2) is 12.4. The van der Waals surface area contributed by atoms with Gasteiger partial charge >= 0.3 is 0 Å². The molecule has 0 spiro atoms. The lowest BCUT2D eigenvalue weighted by Crippen LogP contribution is -2.54. The Hall–Kier alpha value is -4.77. The van der Waals surface area contributed by atoms with Crippen molar-refractivity contribution in [1.82, 2.24) is 5.32 Å². The van der Waals surface area contributed by atoms with E-state index in [2.05, 4.69) is 5.32 Å². The smallest absolute Gasteiger partial charge is 0.270 e. The number of nitro benzene ring substituents is 1. The number of carbonyl (C=O) groups is 2. The molecule has 0 radical (unpaired) electrons. The number of hydrogen-bond acceptors (Lipinski definition) is 7. The summed E-state index contributed by atoms with van der Waals surface area (Å²) in [6.07, 6.45) is 1.22. The van der Waals surface area contributed by atoms with Crippen LogP contribution in [0.2, 0.25) is 10.0 Å². The number of para-hydroxylation sites is 1. The zero-order valence-corrected chi connectivity index (χ0v) is 23.8.